The molecule has 0 saturated carbocycles. The minimum absolute atomic E-state index is 0.137. The largest absolute Gasteiger partial charge is 0.504 e. The highest BCUT2D eigenvalue weighted by Gasteiger charge is 2.37. The fourth-order valence-electron chi connectivity index (χ4n) is 5.19. The van der Waals surface area contributed by atoms with E-state index in [9.17, 15) is 4.79 Å². The third kappa shape index (κ3) is 6.47. The lowest BCUT2D eigenvalue weighted by Gasteiger charge is -2.41. The Hall–Kier alpha value is -2.56. The van der Waals surface area contributed by atoms with Gasteiger partial charge in [-0.05, 0) is 67.9 Å². The summed E-state index contributed by atoms with van der Waals surface area (Å²) < 4.78 is 13.2. The van der Waals surface area contributed by atoms with Crippen LogP contribution in [-0.4, -0.2) is 28.7 Å². The summed E-state index contributed by atoms with van der Waals surface area (Å²) in [5.41, 5.74) is 3.52. The van der Waals surface area contributed by atoms with Crippen LogP contribution in [0.5, 0.6) is 0 Å². The summed E-state index contributed by atoms with van der Waals surface area (Å²) in [6.07, 6.45) is 19.9. The van der Waals surface area contributed by atoms with E-state index in [1.54, 1.807) is 19.5 Å². The molecule has 0 aromatic carbocycles. The summed E-state index contributed by atoms with van der Waals surface area (Å²) >= 11 is 0. The maximum Gasteiger partial charge on any atom is 0.331 e. The number of methoxy groups -OCH3 is 1. The van der Waals surface area contributed by atoms with E-state index in [2.05, 4.69) is 44.0 Å². The molecule has 0 aliphatic heterocycles. The molecule has 5 heteroatoms. The van der Waals surface area contributed by atoms with Crippen molar-refractivity contribution in [2.75, 3.05) is 7.11 Å². The zero-order chi connectivity index (χ0) is 23.1. The number of hydrogen-bond donors (Lipinski definition) is 0. The Morgan fingerprint density at radius 3 is 2.78 bits per heavy atom. The minimum Gasteiger partial charge on any atom is -0.504 e. The summed E-state index contributed by atoms with van der Waals surface area (Å²) in [5.74, 6) is 1.85. The Morgan fingerprint density at radius 1 is 1.28 bits per heavy atom. The average Bonchev–Trinajstić information content (AvgIpc) is 3.17. The third-order valence-electron chi connectivity index (χ3n) is 6.86. The first-order chi connectivity index (χ1) is 15.4. The Balaban J connectivity index is 1.80. The number of carbonyl (C=O) groups is 1. The lowest BCUT2D eigenvalue weighted by Crippen LogP contribution is -2.34. The number of hydrogen-bond acceptors (Lipinski definition) is 4. The average molecular weight is 439 g/mol. The van der Waals surface area contributed by atoms with Gasteiger partial charge >= 0.3 is 5.97 Å². The van der Waals surface area contributed by atoms with Crippen molar-refractivity contribution in [1.82, 2.24) is 9.55 Å². The van der Waals surface area contributed by atoms with E-state index >= 15 is 0 Å². The first-order valence-electron chi connectivity index (χ1n) is 11.8. The molecule has 1 heterocycles. The smallest absolute Gasteiger partial charge is 0.331 e. The van der Waals surface area contributed by atoms with Gasteiger partial charge in [-0.25, -0.2) is 9.78 Å². The van der Waals surface area contributed by atoms with Crippen LogP contribution in [0.3, 0.4) is 0 Å². The first-order valence-corrected chi connectivity index (χ1v) is 11.8. The number of nitrogens with zero attached hydrogens (tertiary/aromatic N) is 2. The van der Waals surface area contributed by atoms with Crippen LogP contribution in [0.4, 0.5) is 0 Å². The van der Waals surface area contributed by atoms with Crippen LogP contribution in [-0.2, 0) is 21.3 Å². The summed E-state index contributed by atoms with van der Waals surface area (Å²) in [7, 11) is 3.64. The maximum atomic E-state index is 12.6. The molecule has 3 rings (SSSR count). The number of fused-ring (bicyclic) bond motifs is 1. The molecular weight excluding hydrogens is 400 g/mol. The van der Waals surface area contributed by atoms with E-state index < -0.39 is 0 Å². The van der Waals surface area contributed by atoms with Gasteiger partial charge in [0.1, 0.15) is 6.10 Å². The van der Waals surface area contributed by atoms with Crippen molar-refractivity contribution in [2.24, 2.45) is 30.7 Å². The lowest BCUT2D eigenvalue weighted by atomic mass is 9.64. The first kappa shape index (κ1) is 24.1. The van der Waals surface area contributed by atoms with E-state index in [-0.39, 0.29) is 12.1 Å². The predicted molar refractivity (Wildman–Crippen MR) is 129 cm³/mol. The molecule has 0 spiro atoms. The Bertz CT molecular complexity index is 890. The summed E-state index contributed by atoms with van der Waals surface area (Å²) in [4.78, 5) is 16.8. The SMILES string of the molecule is CO/C=C1\C/C=C\CC(OC(=O)/C=C/c2cn(C)cn2)CC2C(C)=CCC(C(C)C)C2C1. The second kappa shape index (κ2) is 11.3. The van der Waals surface area contributed by atoms with Crippen molar-refractivity contribution in [3.8, 4) is 0 Å². The van der Waals surface area contributed by atoms with Crippen molar-refractivity contribution in [3.63, 3.8) is 0 Å². The van der Waals surface area contributed by atoms with Crippen LogP contribution in [0.25, 0.3) is 6.08 Å². The van der Waals surface area contributed by atoms with Crippen LogP contribution in [0, 0.1) is 23.7 Å². The summed E-state index contributed by atoms with van der Waals surface area (Å²) in [6.45, 7) is 6.90. The molecular formula is C27H38N2O3. The van der Waals surface area contributed by atoms with Crippen molar-refractivity contribution in [1.29, 1.82) is 0 Å². The van der Waals surface area contributed by atoms with E-state index in [1.807, 2.05) is 24.1 Å². The number of imidazole rings is 1. The van der Waals surface area contributed by atoms with Crippen molar-refractivity contribution in [2.45, 2.75) is 59.0 Å². The monoisotopic (exact) mass is 438 g/mol. The van der Waals surface area contributed by atoms with Gasteiger partial charge in [-0.1, -0.05) is 37.6 Å². The summed E-state index contributed by atoms with van der Waals surface area (Å²) in [5, 5.41) is 0. The van der Waals surface area contributed by atoms with Crippen molar-refractivity contribution >= 4 is 12.0 Å². The van der Waals surface area contributed by atoms with Gasteiger partial charge in [-0.2, -0.15) is 0 Å². The van der Waals surface area contributed by atoms with Gasteiger partial charge in [0.2, 0.25) is 0 Å². The van der Waals surface area contributed by atoms with E-state index in [4.69, 9.17) is 9.47 Å². The number of allylic oxidation sites excluding steroid dienone is 4. The quantitative estimate of drug-likeness (QED) is 0.250. The molecule has 0 fully saturated rings. The second-order valence-electron chi connectivity index (χ2n) is 9.58. The number of ether oxygens (including phenoxy) is 2. The third-order valence-corrected chi connectivity index (χ3v) is 6.86. The lowest BCUT2D eigenvalue weighted by molar-refractivity contribution is -0.143. The van der Waals surface area contributed by atoms with Gasteiger partial charge in [0.25, 0.3) is 0 Å². The Morgan fingerprint density at radius 2 is 2.09 bits per heavy atom. The van der Waals surface area contributed by atoms with Crippen LogP contribution < -0.4 is 0 Å². The van der Waals surface area contributed by atoms with Crippen LogP contribution in [0.2, 0.25) is 0 Å². The number of aromatic nitrogens is 2. The topological polar surface area (TPSA) is 53.4 Å². The van der Waals surface area contributed by atoms with Gasteiger partial charge in [0.05, 0.1) is 25.4 Å². The standard InChI is InChI=1S/C27H38N2O3/c1-19(2)24-12-10-20(3)25-15-23(9-7-6-8-21(17-31-5)14-26(24)25)32-27(30)13-11-22-16-29(4)18-28-22/h6-7,10-11,13,16-19,23-26H,8-9,12,14-15H2,1-5H3/b7-6-,13-11+,21-17+. The zero-order valence-electron chi connectivity index (χ0n) is 20.2. The Labute approximate surface area is 192 Å². The van der Waals surface area contributed by atoms with Crippen LogP contribution in [0.15, 0.2) is 54.2 Å². The molecule has 4 unspecified atom stereocenters. The molecule has 0 N–H and O–H groups in total. The van der Waals surface area contributed by atoms with Gasteiger partial charge in [-0.3, -0.25) is 0 Å². The predicted octanol–water partition coefficient (Wildman–Crippen LogP) is 5.86. The highest BCUT2D eigenvalue weighted by atomic mass is 16.5. The van der Waals surface area contributed by atoms with Gasteiger partial charge in [-0.15, -0.1) is 0 Å². The molecule has 5 nitrogen and oxygen atoms in total. The summed E-state index contributed by atoms with van der Waals surface area (Å²) in [6, 6.07) is 0. The van der Waals surface area contributed by atoms with Crippen molar-refractivity contribution < 1.29 is 14.3 Å². The molecule has 174 valence electrons. The molecule has 0 bridgehead atoms. The highest BCUT2D eigenvalue weighted by Crippen LogP contribution is 2.45. The van der Waals surface area contributed by atoms with Crippen LogP contribution >= 0.6 is 0 Å². The van der Waals surface area contributed by atoms with Gasteiger partial charge in [0, 0.05) is 25.7 Å². The molecule has 32 heavy (non-hydrogen) atoms. The molecule has 0 radical (unpaired) electrons. The fraction of sp³-hybridized carbons (Fsp3) is 0.556. The van der Waals surface area contributed by atoms with E-state index in [0.717, 1.165) is 37.8 Å². The van der Waals surface area contributed by atoms with E-state index in [1.165, 1.54) is 17.2 Å². The van der Waals surface area contributed by atoms with Gasteiger partial charge in [0.15, 0.2) is 0 Å². The zero-order valence-corrected chi connectivity index (χ0v) is 20.2. The molecule has 4 atom stereocenters. The number of carbonyl (C=O) groups excluding carboxylic acids is 1. The minimum atomic E-state index is -0.305. The van der Waals surface area contributed by atoms with Gasteiger partial charge < -0.3 is 14.0 Å². The fourth-order valence-corrected chi connectivity index (χ4v) is 5.19. The van der Waals surface area contributed by atoms with Crippen LogP contribution in [0.1, 0.15) is 58.6 Å². The molecule has 0 amide bonds. The Kier molecular flexibility index (Phi) is 8.54. The van der Waals surface area contributed by atoms with Crippen molar-refractivity contribution in [3.05, 3.63) is 59.9 Å². The van der Waals surface area contributed by atoms with E-state index in [0.29, 0.717) is 23.7 Å². The highest BCUT2D eigenvalue weighted by molar-refractivity contribution is 5.86. The molecule has 2 aliphatic carbocycles. The normalized spacial score (nSPS) is 28.9. The second-order valence-corrected chi connectivity index (χ2v) is 9.58. The molecule has 1 aromatic rings. The molecule has 2 aliphatic rings. The molecule has 1 aromatic heterocycles. The number of rotatable bonds is 5. The number of aryl methyl sites for hydroxylation is 1. The number of esters is 1. The maximum absolute atomic E-state index is 12.6. The molecule has 0 saturated heterocycles.